The van der Waals surface area contributed by atoms with E-state index < -0.39 is 36.3 Å². The van der Waals surface area contributed by atoms with Gasteiger partial charge >= 0.3 is 12.0 Å². The van der Waals surface area contributed by atoms with Gasteiger partial charge in [0.15, 0.2) is 6.61 Å². The molecule has 9 nitrogen and oxygen atoms in total. The monoisotopic (exact) mass is 491 g/mol. The van der Waals surface area contributed by atoms with Crippen molar-refractivity contribution >= 4 is 58.6 Å². The van der Waals surface area contributed by atoms with Gasteiger partial charge in [-0.2, -0.15) is 0 Å². The van der Waals surface area contributed by atoms with Crippen molar-refractivity contribution in [3.05, 3.63) is 63.1 Å². The van der Waals surface area contributed by atoms with E-state index in [1.165, 1.54) is 36.4 Å². The van der Waals surface area contributed by atoms with Crippen molar-refractivity contribution in [1.29, 1.82) is 0 Å². The van der Waals surface area contributed by atoms with E-state index in [9.17, 15) is 24.0 Å². The molecule has 0 unspecified atom stereocenters. The summed E-state index contributed by atoms with van der Waals surface area (Å²) in [6, 6.07) is 7.45. The fourth-order valence-corrected chi connectivity index (χ4v) is 3.24. The summed E-state index contributed by atoms with van der Waals surface area (Å²) in [6.07, 6.45) is 0. The molecule has 1 heterocycles. The molecule has 0 saturated carbocycles. The number of nitrogens with one attached hydrogen (secondary N) is 2. The Balaban J connectivity index is 1.67. The first-order valence-electron chi connectivity index (χ1n) is 9.81. The van der Waals surface area contributed by atoms with Gasteiger partial charge in [-0.05, 0) is 42.3 Å². The lowest BCUT2D eigenvalue weighted by Crippen LogP contribution is -2.42. The number of hydrogen-bond acceptors (Lipinski definition) is 6. The Bertz CT molecular complexity index is 1160. The van der Waals surface area contributed by atoms with E-state index in [4.69, 9.17) is 27.9 Å². The van der Waals surface area contributed by atoms with Gasteiger partial charge in [0.05, 0.1) is 32.4 Å². The highest BCUT2D eigenvalue weighted by atomic mass is 35.5. The van der Waals surface area contributed by atoms with Gasteiger partial charge in [-0.3, -0.25) is 19.7 Å². The van der Waals surface area contributed by atoms with Crippen LogP contribution in [-0.4, -0.2) is 42.9 Å². The quantitative estimate of drug-likeness (QED) is 0.471. The van der Waals surface area contributed by atoms with Gasteiger partial charge in [-0.1, -0.05) is 37.0 Å². The fraction of sp³-hybridized carbons (Fsp3) is 0.227. The lowest BCUT2D eigenvalue weighted by Gasteiger charge is -2.14. The summed E-state index contributed by atoms with van der Waals surface area (Å²) in [7, 11) is 0. The number of carbonyl (C=O) groups excluding carboxylic acids is 5. The lowest BCUT2D eigenvalue weighted by atomic mass is 10.1. The Labute approximate surface area is 199 Å². The third-order valence-electron chi connectivity index (χ3n) is 4.54. The minimum atomic E-state index is -0.899. The van der Waals surface area contributed by atoms with Gasteiger partial charge in [0.1, 0.15) is 0 Å². The number of imide groups is 2. The molecule has 0 aromatic heterocycles. The van der Waals surface area contributed by atoms with Crippen LogP contribution in [0.5, 0.6) is 0 Å². The van der Waals surface area contributed by atoms with E-state index >= 15 is 0 Å². The normalized spacial score (nSPS) is 12.6. The van der Waals surface area contributed by atoms with Crippen LogP contribution in [0.25, 0.3) is 0 Å². The van der Waals surface area contributed by atoms with Crippen LogP contribution < -0.4 is 15.5 Å². The van der Waals surface area contributed by atoms with E-state index in [0.29, 0.717) is 6.54 Å². The van der Waals surface area contributed by atoms with Crippen molar-refractivity contribution in [3.8, 4) is 0 Å². The van der Waals surface area contributed by atoms with Gasteiger partial charge in [-0.15, -0.1) is 0 Å². The number of ether oxygens (including phenoxy) is 1. The molecule has 1 aliphatic rings. The number of benzene rings is 2. The Morgan fingerprint density at radius 2 is 1.67 bits per heavy atom. The molecule has 0 fully saturated rings. The van der Waals surface area contributed by atoms with Crippen LogP contribution in [0.15, 0.2) is 36.4 Å². The predicted octanol–water partition coefficient (Wildman–Crippen LogP) is 3.43. The SMILES string of the molecule is CC(C)CNC(=O)NC(=O)COC(=O)c1ccc2c(c1)C(=O)N(c1ccc(Cl)c(Cl)c1)C2=O. The van der Waals surface area contributed by atoms with Crippen molar-refractivity contribution in [2.75, 3.05) is 18.1 Å². The van der Waals surface area contributed by atoms with Crippen molar-refractivity contribution < 1.29 is 28.7 Å². The number of esters is 1. The Kier molecular flexibility index (Phi) is 7.35. The maximum atomic E-state index is 12.8. The number of hydrogen-bond donors (Lipinski definition) is 2. The number of halogens is 2. The molecule has 33 heavy (non-hydrogen) atoms. The molecule has 0 aliphatic carbocycles. The Morgan fingerprint density at radius 1 is 0.970 bits per heavy atom. The molecule has 1 aliphatic heterocycles. The molecule has 3 rings (SSSR count). The second-order valence-corrected chi connectivity index (χ2v) is 8.35. The molecule has 2 aromatic carbocycles. The van der Waals surface area contributed by atoms with Gasteiger partial charge in [0.2, 0.25) is 0 Å². The number of nitrogens with zero attached hydrogens (tertiary/aromatic N) is 1. The summed E-state index contributed by atoms with van der Waals surface area (Å²) in [5.74, 6) is -2.75. The van der Waals surface area contributed by atoms with Crippen LogP contribution in [-0.2, 0) is 9.53 Å². The molecule has 0 saturated heterocycles. The highest BCUT2D eigenvalue weighted by molar-refractivity contribution is 6.42. The summed E-state index contributed by atoms with van der Waals surface area (Å²) in [6.45, 7) is 3.46. The minimum absolute atomic E-state index is 0.00182. The van der Waals surface area contributed by atoms with Gasteiger partial charge in [-0.25, -0.2) is 14.5 Å². The zero-order chi connectivity index (χ0) is 24.3. The maximum Gasteiger partial charge on any atom is 0.338 e. The van der Waals surface area contributed by atoms with Crippen molar-refractivity contribution in [3.63, 3.8) is 0 Å². The third-order valence-corrected chi connectivity index (χ3v) is 5.28. The first-order chi connectivity index (χ1) is 15.6. The number of carbonyl (C=O) groups is 5. The zero-order valence-electron chi connectivity index (χ0n) is 17.6. The number of rotatable bonds is 6. The first-order valence-corrected chi connectivity index (χ1v) is 10.6. The molecule has 0 atom stereocenters. The zero-order valence-corrected chi connectivity index (χ0v) is 19.1. The van der Waals surface area contributed by atoms with E-state index in [0.717, 1.165) is 4.90 Å². The van der Waals surface area contributed by atoms with E-state index in [2.05, 4.69) is 5.32 Å². The van der Waals surface area contributed by atoms with Gasteiger partial charge in [0, 0.05) is 6.54 Å². The van der Waals surface area contributed by atoms with Crippen LogP contribution in [0.2, 0.25) is 10.0 Å². The van der Waals surface area contributed by atoms with Crippen molar-refractivity contribution in [1.82, 2.24) is 10.6 Å². The summed E-state index contributed by atoms with van der Waals surface area (Å²) in [4.78, 5) is 62.2. The summed E-state index contributed by atoms with van der Waals surface area (Å²) in [5.41, 5.74) is 0.287. The van der Waals surface area contributed by atoms with Crippen LogP contribution >= 0.6 is 23.2 Å². The summed E-state index contributed by atoms with van der Waals surface area (Å²) in [5, 5.41) is 4.97. The second kappa shape index (κ2) is 10.0. The molecule has 2 N–H and O–H groups in total. The Morgan fingerprint density at radius 3 is 2.33 bits per heavy atom. The molecule has 11 heteroatoms. The van der Waals surface area contributed by atoms with Crippen LogP contribution in [0.4, 0.5) is 10.5 Å². The number of fused-ring (bicyclic) bond motifs is 1. The smallest absolute Gasteiger partial charge is 0.338 e. The van der Waals surface area contributed by atoms with Gasteiger partial charge < -0.3 is 10.1 Å². The largest absolute Gasteiger partial charge is 0.452 e. The summed E-state index contributed by atoms with van der Waals surface area (Å²) >= 11 is 11.9. The Hall–Kier alpha value is -3.43. The highest BCUT2D eigenvalue weighted by Crippen LogP contribution is 2.33. The van der Waals surface area contributed by atoms with Crippen molar-refractivity contribution in [2.24, 2.45) is 5.92 Å². The molecule has 0 radical (unpaired) electrons. The molecule has 172 valence electrons. The molecular formula is C22H19Cl2N3O6. The van der Waals surface area contributed by atoms with Gasteiger partial charge in [0.25, 0.3) is 17.7 Å². The van der Waals surface area contributed by atoms with Crippen LogP contribution in [0.1, 0.15) is 44.9 Å². The molecular weight excluding hydrogens is 473 g/mol. The van der Waals surface area contributed by atoms with Crippen molar-refractivity contribution in [2.45, 2.75) is 13.8 Å². The second-order valence-electron chi connectivity index (χ2n) is 7.53. The molecule has 5 amide bonds. The third kappa shape index (κ3) is 5.50. The first kappa shape index (κ1) is 24.2. The standard InChI is InChI=1S/C22H19Cl2N3O6/c1-11(2)9-25-22(32)26-18(28)10-33-21(31)12-3-5-14-15(7-12)20(30)27(19(14)29)13-4-6-16(23)17(24)8-13/h3-8,11H,9-10H2,1-2H3,(H2,25,26,28,32). The topological polar surface area (TPSA) is 122 Å². The van der Waals surface area contributed by atoms with E-state index in [1.807, 2.05) is 19.2 Å². The number of amides is 5. The molecule has 0 spiro atoms. The van der Waals surface area contributed by atoms with E-state index in [-0.39, 0.29) is 38.3 Å². The average Bonchev–Trinajstić information content (AvgIpc) is 3.02. The minimum Gasteiger partial charge on any atom is -0.452 e. The number of urea groups is 1. The number of anilines is 1. The van der Waals surface area contributed by atoms with E-state index in [1.54, 1.807) is 0 Å². The van der Waals surface area contributed by atoms with Crippen LogP contribution in [0.3, 0.4) is 0 Å². The molecule has 2 aromatic rings. The van der Waals surface area contributed by atoms with Crippen LogP contribution in [0, 0.1) is 5.92 Å². The highest BCUT2D eigenvalue weighted by Gasteiger charge is 2.37. The lowest BCUT2D eigenvalue weighted by molar-refractivity contribution is -0.123. The maximum absolute atomic E-state index is 12.8. The average molecular weight is 492 g/mol. The predicted molar refractivity (Wildman–Crippen MR) is 121 cm³/mol. The summed E-state index contributed by atoms with van der Waals surface area (Å²) < 4.78 is 4.91. The fourth-order valence-electron chi connectivity index (χ4n) is 2.94. The molecule has 0 bridgehead atoms.